The van der Waals surface area contributed by atoms with Crippen LogP contribution in [0.3, 0.4) is 0 Å². The van der Waals surface area contributed by atoms with E-state index in [1.165, 1.54) is 5.56 Å². The second-order valence-corrected chi connectivity index (χ2v) is 6.55. The maximum absolute atomic E-state index is 12.7. The van der Waals surface area contributed by atoms with E-state index in [4.69, 9.17) is 0 Å². The molecule has 5 heteroatoms. The van der Waals surface area contributed by atoms with Gasteiger partial charge in [0, 0.05) is 23.6 Å². The van der Waals surface area contributed by atoms with E-state index < -0.39 is 0 Å². The molecule has 0 radical (unpaired) electrons. The Balaban J connectivity index is 1.64. The molecule has 0 saturated heterocycles. The molecule has 0 unspecified atom stereocenters. The normalized spacial score (nSPS) is 12.8. The molecule has 1 aliphatic heterocycles. The summed E-state index contributed by atoms with van der Waals surface area (Å²) in [6.07, 6.45) is 0.957. The third-order valence-corrected chi connectivity index (χ3v) is 4.48. The van der Waals surface area contributed by atoms with Gasteiger partial charge in [-0.2, -0.15) is 0 Å². The number of benzene rings is 2. The predicted molar refractivity (Wildman–Crippen MR) is 103 cm³/mol. The Morgan fingerprint density at radius 1 is 1.04 bits per heavy atom. The van der Waals surface area contributed by atoms with E-state index in [9.17, 15) is 4.79 Å². The third-order valence-electron chi connectivity index (χ3n) is 4.48. The van der Waals surface area contributed by atoms with Crippen molar-refractivity contribution in [3.05, 3.63) is 77.1 Å². The lowest BCUT2D eigenvalue weighted by atomic mass is 10.2. The van der Waals surface area contributed by atoms with Crippen LogP contribution in [0.5, 0.6) is 0 Å². The van der Waals surface area contributed by atoms with Gasteiger partial charge in [-0.25, -0.2) is 9.97 Å². The highest BCUT2D eigenvalue weighted by Gasteiger charge is 2.23. The quantitative estimate of drug-likeness (QED) is 0.779. The molecule has 2 aromatic carbocycles. The van der Waals surface area contributed by atoms with Crippen molar-refractivity contribution in [1.82, 2.24) is 9.97 Å². The molecule has 5 nitrogen and oxygen atoms in total. The average Bonchev–Trinajstić information content (AvgIpc) is 3.05. The van der Waals surface area contributed by atoms with Gasteiger partial charge in [-0.15, -0.1) is 0 Å². The summed E-state index contributed by atoms with van der Waals surface area (Å²) in [5.41, 5.74) is 5.40. The Morgan fingerprint density at radius 3 is 2.73 bits per heavy atom. The van der Waals surface area contributed by atoms with Crippen LogP contribution in [0.25, 0.3) is 0 Å². The molecule has 0 bridgehead atoms. The Morgan fingerprint density at radius 2 is 1.88 bits per heavy atom. The summed E-state index contributed by atoms with van der Waals surface area (Å²) in [6.45, 7) is 4.70. The smallest absolute Gasteiger partial charge is 0.274 e. The Labute approximate surface area is 152 Å². The number of amides is 1. The van der Waals surface area contributed by atoms with E-state index in [0.29, 0.717) is 11.6 Å². The molecule has 2 heterocycles. The maximum atomic E-state index is 12.7. The van der Waals surface area contributed by atoms with Crippen molar-refractivity contribution >= 4 is 23.2 Å². The predicted octanol–water partition coefficient (Wildman–Crippen LogP) is 4.04. The molecule has 1 amide bonds. The van der Waals surface area contributed by atoms with E-state index >= 15 is 0 Å². The van der Waals surface area contributed by atoms with Gasteiger partial charge >= 0.3 is 0 Å². The zero-order valence-electron chi connectivity index (χ0n) is 14.9. The van der Waals surface area contributed by atoms with E-state index in [2.05, 4.69) is 32.3 Å². The minimum absolute atomic E-state index is 0.227. The van der Waals surface area contributed by atoms with Gasteiger partial charge in [-0.05, 0) is 55.7 Å². The Hall–Kier alpha value is -3.21. The van der Waals surface area contributed by atoms with E-state index in [0.717, 1.165) is 35.6 Å². The van der Waals surface area contributed by atoms with Crippen LogP contribution in [-0.4, -0.2) is 22.4 Å². The monoisotopic (exact) mass is 344 g/mol. The molecule has 1 aliphatic rings. The van der Waals surface area contributed by atoms with Gasteiger partial charge in [0.1, 0.15) is 5.69 Å². The van der Waals surface area contributed by atoms with Gasteiger partial charge in [-0.1, -0.05) is 30.3 Å². The highest BCUT2D eigenvalue weighted by molar-refractivity contribution is 6.03. The fourth-order valence-electron chi connectivity index (χ4n) is 3.25. The van der Waals surface area contributed by atoms with Crippen LogP contribution in [-0.2, 0) is 6.42 Å². The molecular formula is C21H20N4O. The summed E-state index contributed by atoms with van der Waals surface area (Å²) in [4.78, 5) is 23.8. The van der Waals surface area contributed by atoms with Gasteiger partial charge in [0.2, 0.25) is 5.95 Å². The summed E-state index contributed by atoms with van der Waals surface area (Å²) in [7, 11) is 0. The molecule has 1 N–H and O–H groups in total. The number of para-hydroxylation sites is 1. The number of fused-ring (bicyclic) bond motifs is 1. The molecule has 0 fully saturated rings. The van der Waals surface area contributed by atoms with Crippen molar-refractivity contribution in [1.29, 1.82) is 0 Å². The SMILES string of the molecule is Cc1cccc(NC(=O)c2cc(C)nc(N3CCc4ccccc43)n2)c1. The minimum Gasteiger partial charge on any atom is -0.321 e. The van der Waals surface area contributed by atoms with Crippen LogP contribution in [0, 0.1) is 13.8 Å². The lowest BCUT2D eigenvalue weighted by Gasteiger charge is -2.18. The highest BCUT2D eigenvalue weighted by Crippen LogP contribution is 2.32. The summed E-state index contributed by atoms with van der Waals surface area (Å²) in [6, 6.07) is 17.7. The van der Waals surface area contributed by atoms with E-state index in [1.807, 2.05) is 50.2 Å². The van der Waals surface area contributed by atoms with Gasteiger partial charge in [0.05, 0.1) is 0 Å². The largest absolute Gasteiger partial charge is 0.321 e. The number of hydrogen-bond donors (Lipinski definition) is 1. The van der Waals surface area contributed by atoms with E-state index in [1.54, 1.807) is 6.07 Å². The zero-order valence-corrected chi connectivity index (χ0v) is 14.9. The Kier molecular flexibility index (Phi) is 4.13. The molecule has 1 aromatic heterocycles. The minimum atomic E-state index is -0.227. The first-order chi connectivity index (χ1) is 12.6. The van der Waals surface area contributed by atoms with Crippen molar-refractivity contribution in [2.45, 2.75) is 20.3 Å². The number of nitrogens with zero attached hydrogens (tertiary/aromatic N) is 3. The first kappa shape index (κ1) is 16.3. The molecule has 0 spiro atoms. The van der Waals surface area contributed by atoms with Crippen molar-refractivity contribution in [2.75, 3.05) is 16.8 Å². The number of rotatable bonds is 3. The van der Waals surface area contributed by atoms with Crippen LogP contribution in [0.15, 0.2) is 54.6 Å². The second kappa shape index (κ2) is 6.59. The summed E-state index contributed by atoms with van der Waals surface area (Å²) in [5, 5.41) is 2.92. The van der Waals surface area contributed by atoms with Gasteiger partial charge in [0.25, 0.3) is 5.91 Å². The summed E-state index contributed by atoms with van der Waals surface area (Å²) in [5.74, 6) is 0.346. The van der Waals surface area contributed by atoms with Crippen molar-refractivity contribution in [3.63, 3.8) is 0 Å². The zero-order chi connectivity index (χ0) is 18.1. The highest BCUT2D eigenvalue weighted by atomic mass is 16.1. The van der Waals surface area contributed by atoms with Crippen molar-refractivity contribution in [2.24, 2.45) is 0 Å². The third kappa shape index (κ3) is 3.16. The van der Waals surface area contributed by atoms with Crippen LogP contribution >= 0.6 is 0 Å². The van der Waals surface area contributed by atoms with Crippen molar-refractivity contribution < 1.29 is 4.79 Å². The van der Waals surface area contributed by atoms with Crippen LogP contribution < -0.4 is 10.2 Å². The van der Waals surface area contributed by atoms with Crippen LogP contribution in [0.1, 0.15) is 27.3 Å². The lowest BCUT2D eigenvalue weighted by Crippen LogP contribution is -2.20. The molecule has 130 valence electrons. The standard InChI is InChI=1S/C21H20N4O/c1-14-6-5-8-17(12-14)23-20(26)18-13-15(2)22-21(24-18)25-11-10-16-7-3-4-9-19(16)25/h3-9,12-13H,10-11H2,1-2H3,(H,23,26). The Bertz CT molecular complexity index is 983. The average molecular weight is 344 g/mol. The molecule has 26 heavy (non-hydrogen) atoms. The summed E-state index contributed by atoms with van der Waals surface area (Å²) < 4.78 is 0. The number of anilines is 3. The number of aromatic nitrogens is 2. The molecule has 0 atom stereocenters. The molecule has 0 saturated carbocycles. The summed E-state index contributed by atoms with van der Waals surface area (Å²) >= 11 is 0. The molecular weight excluding hydrogens is 324 g/mol. The first-order valence-electron chi connectivity index (χ1n) is 8.69. The fraction of sp³-hybridized carbons (Fsp3) is 0.190. The fourth-order valence-corrected chi connectivity index (χ4v) is 3.25. The number of nitrogens with one attached hydrogen (secondary N) is 1. The molecule has 3 aromatic rings. The first-order valence-corrected chi connectivity index (χ1v) is 8.69. The van der Waals surface area contributed by atoms with Crippen LogP contribution in [0.4, 0.5) is 17.3 Å². The van der Waals surface area contributed by atoms with Gasteiger partial charge in [-0.3, -0.25) is 4.79 Å². The van der Waals surface area contributed by atoms with Gasteiger partial charge in [0.15, 0.2) is 0 Å². The maximum Gasteiger partial charge on any atom is 0.274 e. The number of carbonyl (C=O) groups excluding carboxylic acids is 1. The number of aryl methyl sites for hydroxylation is 2. The molecule has 4 rings (SSSR count). The number of carbonyl (C=O) groups is 1. The second-order valence-electron chi connectivity index (χ2n) is 6.55. The van der Waals surface area contributed by atoms with Gasteiger partial charge < -0.3 is 10.2 Å². The van der Waals surface area contributed by atoms with Crippen LogP contribution in [0.2, 0.25) is 0 Å². The number of hydrogen-bond acceptors (Lipinski definition) is 4. The topological polar surface area (TPSA) is 58.1 Å². The van der Waals surface area contributed by atoms with Crippen molar-refractivity contribution in [3.8, 4) is 0 Å². The lowest BCUT2D eigenvalue weighted by molar-refractivity contribution is 0.102. The molecule has 0 aliphatic carbocycles. The van der Waals surface area contributed by atoms with E-state index in [-0.39, 0.29) is 5.91 Å².